The zero-order valence-electron chi connectivity index (χ0n) is 17.0. The molecule has 0 aliphatic carbocycles. The number of carbonyl (C=O) groups is 1. The van der Waals surface area contributed by atoms with Crippen LogP contribution in [0, 0.1) is 0 Å². The Morgan fingerprint density at radius 3 is 2.34 bits per heavy atom. The maximum Gasteiger partial charge on any atom is 0.261 e. The third-order valence-electron chi connectivity index (χ3n) is 4.58. The third kappa shape index (κ3) is 4.79. The summed E-state index contributed by atoms with van der Waals surface area (Å²) in [6.07, 6.45) is 0. The molecule has 1 amide bonds. The SMILES string of the molecule is COc1ccc(S(=O)(=O)Nc2ccccc2C(=O)Nc2nc(-c3ccccc3)cs2)cc1. The molecule has 0 aliphatic heterocycles. The highest BCUT2D eigenvalue weighted by Gasteiger charge is 2.19. The van der Waals surface area contributed by atoms with E-state index in [1.54, 1.807) is 30.3 Å². The first kappa shape index (κ1) is 21.5. The van der Waals surface area contributed by atoms with E-state index in [-0.39, 0.29) is 16.1 Å². The van der Waals surface area contributed by atoms with Crippen LogP contribution in [-0.2, 0) is 10.0 Å². The van der Waals surface area contributed by atoms with Crippen molar-refractivity contribution in [3.05, 3.63) is 89.8 Å². The first-order valence-electron chi connectivity index (χ1n) is 9.54. The van der Waals surface area contributed by atoms with Gasteiger partial charge < -0.3 is 4.74 Å². The Labute approximate surface area is 189 Å². The number of methoxy groups -OCH3 is 1. The van der Waals surface area contributed by atoms with Gasteiger partial charge in [-0.05, 0) is 36.4 Å². The number of carbonyl (C=O) groups excluding carboxylic acids is 1. The zero-order chi connectivity index (χ0) is 22.6. The summed E-state index contributed by atoms with van der Waals surface area (Å²) in [6.45, 7) is 0. The van der Waals surface area contributed by atoms with Crippen molar-refractivity contribution in [1.82, 2.24) is 4.98 Å². The molecule has 7 nitrogen and oxygen atoms in total. The van der Waals surface area contributed by atoms with E-state index in [2.05, 4.69) is 15.0 Å². The van der Waals surface area contributed by atoms with Gasteiger partial charge in [0.05, 0.1) is 29.0 Å². The summed E-state index contributed by atoms with van der Waals surface area (Å²) in [5, 5.41) is 5.02. The topological polar surface area (TPSA) is 97.4 Å². The van der Waals surface area contributed by atoms with Crippen molar-refractivity contribution in [2.24, 2.45) is 0 Å². The molecule has 1 heterocycles. The molecule has 4 aromatic rings. The van der Waals surface area contributed by atoms with E-state index < -0.39 is 15.9 Å². The summed E-state index contributed by atoms with van der Waals surface area (Å²) in [5.41, 5.74) is 2.04. The molecule has 3 aromatic carbocycles. The van der Waals surface area contributed by atoms with Crippen LogP contribution in [0.1, 0.15) is 10.4 Å². The van der Waals surface area contributed by atoms with E-state index in [4.69, 9.17) is 4.74 Å². The van der Waals surface area contributed by atoms with Gasteiger partial charge in [0.2, 0.25) is 0 Å². The lowest BCUT2D eigenvalue weighted by atomic mass is 10.2. The number of ether oxygens (including phenoxy) is 1. The summed E-state index contributed by atoms with van der Waals surface area (Å²) < 4.78 is 33.2. The van der Waals surface area contributed by atoms with Crippen LogP contribution in [0.5, 0.6) is 5.75 Å². The highest BCUT2D eigenvalue weighted by Crippen LogP contribution is 2.26. The molecule has 0 unspecified atom stereocenters. The minimum Gasteiger partial charge on any atom is -0.497 e. The number of thiazole rings is 1. The standard InChI is InChI=1S/C23H19N3O4S2/c1-30-17-11-13-18(14-12-17)32(28,29)26-20-10-6-5-9-19(20)22(27)25-23-24-21(15-31-23)16-7-3-2-4-8-16/h2-15,26H,1H3,(H,24,25,27). The maximum absolute atomic E-state index is 12.9. The quantitative estimate of drug-likeness (QED) is 0.406. The lowest BCUT2D eigenvalue weighted by molar-refractivity contribution is 0.102. The summed E-state index contributed by atoms with van der Waals surface area (Å²) in [6, 6.07) is 22.0. The van der Waals surface area contributed by atoms with E-state index in [0.717, 1.165) is 11.3 Å². The van der Waals surface area contributed by atoms with Gasteiger partial charge in [0.15, 0.2) is 5.13 Å². The van der Waals surface area contributed by atoms with Crippen LogP contribution in [0.3, 0.4) is 0 Å². The smallest absolute Gasteiger partial charge is 0.261 e. The van der Waals surface area contributed by atoms with Crippen LogP contribution < -0.4 is 14.8 Å². The number of hydrogen-bond donors (Lipinski definition) is 2. The van der Waals surface area contributed by atoms with Gasteiger partial charge in [-0.1, -0.05) is 42.5 Å². The van der Waals surface area contributed by atoms with Gasteiger partial charge in [0.1, 0.15) is 5.75 Å². The molecule has 0 atom stereocenters. The van der Waals surface area contributed by atoms with E-state index in [0.29, 0.717) is 10.9 Å². The monoisotopic (exact) mass is 465 g/mol. The fraction of sp³-hybridized carbons (Fsp3) is 0.0435. The largest absolute Gasteiger partial charge is 0.497 e. The van der Waals surface area contributed by atoms with Gasteiger partial charge in [0, 0.05) is 10.9 Å². The Morgan fingerprint density at radius 1 is 0.938 bits per heavy atom. The van der Waals surface area contributed by atoms with Crippen molar-refractivity contribution in [3.8, 4) is 17.0 Å². The molecule has 32 heavy (non-hydrogen) atoms. The molecule has 2 N–H and O–H groups in total. The number of benzene rings is 3. The van der Waals surface area contributed by atoms with Crippen LogP contribution in [0.15, 0.2) is 89.1 Å². The van der Waals surface area contributed by atoms with Crippen molar-refractivity contribution < 1.29 is 17.9 Å². The minimum absolute atomic E-state index is 0.0564. The first-order chi connectivity index (χ1) is 15.5. The first-order valence-corrected chi connectivity index (χ1v) is 11.9. The minimum atomic E-state index is -3.90. The number of sulfonamides is 1. The second-order valence-electron chi connectivity index (χ2n) is 6.68. The molecule has 4 rings (SSSR count). The fourth-order valence-electron chi connectivity index (χ4n) is 2.97. The number of anilines is 2. The number of nitrogens with one attached hydrogen (secondary N) is 2. The Bertz CT molecular complexity index is 1340. The number of para-hydroxylation sites is 1. The van der Waals surface area contributed by atoms with E-state index in [9.17, 15) is 13.2 Å². The number of rotatable bonds is 7. The summed E-state index contributed by atoms with van der Waals surface area (Å²) in [4.78, 5) is 17.4. The second-order valence-corrected chi connectivity index (χ2v) is 9.23. The average molecular weight is 466 g/mol. The molecule has 9 heteroatoms. The molecule has 162 valence electrons. The van der Waals surface area contributed by atoms with Crippen molar-refractivity contribution in [2.75, 3.05) is 17.1 Å². The number of amides is 1. The van der Waals surface area contributed by atoms with Crippen molar-refractivity contribution >= 4 is 38.1 Å². The van der Waals surface area contributed by atoms with Crippen LogP contribution in [0.25, 0.3) is 11.3 Å². The van der Waals surface area contributed by atoms with Gasteiger partial charge in [-0.15, -0.1) is 11.3 Å². The second kappa shape index (κ2) is 9.21. The van der Waals surface area contributed by atoms with E-state index >= 15 is 0 Å². The normalized spacial score (nSPS) is 11.0. The average Bonchev–Trinajstić information content (AvgIpc) is 3.28. The summed E-state index contributed by atoms with van der Waals surface area (Å²) in [5.74, 6) is 0.0778. The van der Waals surface area contributed by atoms with Gasteiger partial charge in [-0.3, -0.25) is 14.8 Å². The van der Waals surface area contributed by atoms with Crippen LogP contribution in [0.4, 0.5) is 10.8 Å². The highest BCUT2D eigenvalue weighted by molar-refractivity contribution is 7.92. The maximum atomic E-state index is 12.9. The molecular weight excluding hydrogens is 446 g/mol. The van der Waals surface area contributed by atoms with Gasteiger partial charge in [-0.2, -0.15) is 0 Å². The number of nitrogens with zero attached hydrogens (tertiary/aromatic N) is 1. The molecule has 0 saturated heterocycles. The molecule has 0 fully saturated rings. The fourth-order valence-corrected chi connectivity index (χ4v) is 4.76. The number of aromatic nitrogens is 1. The van der Waals surface area contributed by atoms with Crippen molar-refractivity contribution in [3.63, 3.8) is 0 Å². The zero-order valence-corrected chi connectivity index (χ0v) is 18.6. The molecule has 0 aliphatic rings. The molecule has 0 radical (unpaired) electrons. The van der Waals surface area contributed by atoms with Gasteiger partial charge >= 0.3 is 0 Å². The summed E-state index contributed by atoms with van der Waals surface area (Å²) >= 11 is 1.29. The van der Waals surface area contributed by atoms with E-state index in [1.165, 1.54) is 36.6 Å². The Kier molecular flexibility index (Phi) is 6.20. The van der Waals surface area contributed by atoms with Crippen molar-refractivity contribution in [1.29, 1.82) is 0 Å². The third-order valence-corrected chi connectivity index (χ3v) is 6.72. The summed E-state index contributed by atoms with van der Waals surface area (Å²) in [7, 11) is -2.40. The highest BCUT2D eigenvalue weighted by atomic mass is 32.2. The Balaban J connectivity index is 1.54. The number of hydrogen-bond acceptors (Lipinski definition) is 6. The van der Waals surface area contributed by atoms with Crippen molar-refractivity contribution in [2.45, 2.75) is 4.90 Å². The van der Waals surface area contributed by atoms with Crippen LogP contribution >= 0.6 is 11.3 Å². The van der Waals surface area contributed by atoms with Gasteiger partial charge in [-0.25, -0.2) is 13.4 Å². The lowest BCUT2D eigenvalue weighted by Crippen LogP contribution is -2.18. The molecular formula is C23H19N3O4S2. The van der Waals surface area contributed by atoms with Gasteiger partial charge in [0.25, 0.3) is 15.9 Å². The molecule has 0 spiro atoms. The Hall–Kier alpha value is -3.69. The van der Waals surface area contributed by atoms with Crippen LogP contribution in [0.2, 0.25) is 0 Å². The Morgan fingerprint density at radius 2 is 1.62 bits per heavy atom. The predicted octanol–water partition coefficient (Wildman–Crippen LogP) is 4.87. The molecule has 0 bridgehead atoms. The van der Waals surface area contributed by atoms with Crippen LogP contribution in [-0.4, -0.2) is 26.4 Å². The lowest BCUT2D eigenvalue weighted by Gasteiger charge is -2.12. The van der Waals surface area contributed by atoms with E-state index in [1.807, 2.05) is 35.7 Å². The molecule has 1 aromatic heterocycles. The molecule has 0 saturated carbocycles. The predicted molar refractivity (Wildman–Crippen MR) is 126 cm³/mol.